The van der Waals surface area contributed by atoms with E-state index < -0.39 is 16.1 Å². The molecule has 3 N–H and O–H groups in total. The maximum absolute atomic E-state index is 12.4. The second-order valence-corrected chi connectivity index (χ2v) is 7.12. The van der Waals surface area contributed by atoms with Crippen LogP contribution in [-0.2, 0) is 10.0 Å². The van der Waals surface area contributed by atoms with Crippen LogP contribution in [0, 0.1) is 0 Å². The second-order valence-electron chi connectivity index (χ2n) is 5.44. The molecule has 0 aliphatic rings. The summed E-state index contributed by atoms with van der Waals surface area (Å²) in [6.07, 6.45) is 0. The van der Waals surface area contributed by atoms with Gasteiger partial charge in [0.25, 0.3) is 10.0 Å². The van der Waals surface area contributed by atoms with Crippen molar-refractivity contribution in [2.75, 3.05) is 15.4 Å². The van der Waals surface area contributed by atoms with Crippen LogP contribution < -0.4 is 15.4 Å². The van der Waals surface area contributed by atoms with Gasteiger partial charge in [0.15, 0.2) is 0 Å². The molecule has 0 unspecified atom stereocenters. The van der Waals surface area contributed by atoms with Gasteiger partial charge in [-0.15, -0.1) is 0 Å². The van der Waals surface area contributed by atoms with E-state index in [0.717, 1.165) is 0 Å². The molecular weight excluding hydrogens is 350 g/mol. The highest BCUT2D eigenvalue weighted by molar-refractivity contribution is 7.92. The molecular formula is C19H17N3O3S. The fourth-order valence-electron chi connectivity index (χ4n) is 2.25. The van der Waals surface area contributed by atoms with Crippen molar-refractivity contribution >= 4 is 33.1 Å². The number of hydrogen-bond donors (Lipinski definition) is 3. The highest BCUT2D eigenvalue weighted by Crippen LogP contribution is 2.18. The molecule has 7 heteroatoms. The molecule has 0 radical (unpaired) electrons. The number of carbonyl (C=O) groups is 1. The Balaban J connectivity index is 1.65. The van der Waals surface area contributed by atoms with E-state index >= 15 is 0 Å². The Kier molecular flexibility index (Phi) is 5.19. The average molecular weight is 367 g/mol. The van der Waals surface area contributed by atoms with Gasteiger partial charge in [-0.25, -0.2) is 13.2 Å². The number of anilines is 3. The van der Waals surface area contributed by atoms with Crippen LogP contribution in [0.4, 0.5) is 21.9 Å². The van der Waals surface area contributed by atoms with Gasteiger partial charge in [-0.2, -0.15) is 0 Å². The summed E-state index contributed by atoms with van der Waals surface area (Å²) < 4.78 is 27.2. The molecule has 0 heterocycles. The zero-order valence-corrected chi connectivity index (χ0v) is 14.5. The fraction of sp³-hybridized carbons (Fsp3) is 0. The van der Waals surface area contributed by atoms with Crippen LogP contribution in [0.15, 0.2) is 89.8 Å². The molecule has 6 nitrogen and oxygen atoms in total. The predicted octanol–water partition coefficient (Wildman–Crippen LogP) is 4.13. The van der Waals surface area contributed by atoms with Crippen molar-refractivity contribution in [3.8, 4) is 0 Å². The minimum absolute atomic E-state index is 0.107. The first-order valence-corrected chi connectivity index (χ1v) is 9.32. The maximum atomic E-state index is 12.4. The van der Waals surface area contributed by atoms with Crippen LogP contribution >= 0.6 is 0 Å². The number of urea groups is 1. The molecule has 0 saturated heterocycles. The van der Waals surface area contributed by atoms with Gasteiger partial charge in [0.1, 0.15) is 0 Å². The van der Waals surface area contributed by atoms with E-state index in [9.17, 15) is 13.2 Å². The van der Waals surface area contributed by atoms with Gasteiger partial charge in [-0.3, -0.25) is 4.72 Å². The molecule has 0 spiro atoms. The standard InChI is InChI=1S/C19H17N3O3S/c23-19(20-15-7-3-1-4-8-15)21-16-11-13-18(14-12-16)26(24,25)22-17-9-5-2-6-10-17/h1-14,22H,(H2,20,21,23). The van der Waals surface area contributed by atoms with Gasteiger partial charge in [0.2, 0.25) is 0 Å². The fourth-order valence-corrected chi connectivity index (χ4v) is 3.31. The van der Waals surface area contributed by atoms with Gasteiger partial charge in [0.05, 0.1) is 4.90 Å². The number of amides is 2. The SMILES string of the molecule is O=C(Nc1ccccc1)Nc1ccc(S(=O)(=O)Nc2ccccc2)cc1. The molecule has 0 bridgehead atoms. The quantitative estimate of drug-likeness (QED) is 0.633. The number of rotatable bonds is 5. The first-order valence-electron chi connectivity index (χ1n) is 7.84. The number of nitrogens with one attached hydrogen (secondary N) is 3. The normalized spacial score (nSPS) is 10.8. The third-order valence-corrected chi connectivity index (χ3v) is 4.88. The van der Waals surface area contributed by atoms with E-state index in [2.05, 4.69) is 15.4 Å². The van der Waals surface area contributed by atoms with E-state index in [1.807, 2.05) is 18.2 Å². The Morgan fingerprint density at radius 3 is 1.62 bits per heavy atom. The van der Waals surface area contributed by atoms with Gasteiger partial charge in [-0.1, -0.05) is 36.4 Å². The van der Waals surface area contributed by atoms with Gasteiger partial charge in [0, 0.05) is 17.1 Å². The summed E-state index contributed by atoms with van der Waals surface area (Å²) in [7, 11) is -3.69. The number of benzene rings is 3. The van der Waals surface area contributed by atoms with Crippen molar-refractivity contribution in [2.45, 2.75) is 4.90 Å². The molecule has 0 saturated carbocycles. The van der Waals surface area contributed by atoms with E-state index in [4.69, 9.17) is 0 Å². The van der Waals surface area contributed by atoms with Crippen molar-refractivity contribution in [3.05, 3.63) is 84.9 Å². The summed E-state index contributed by atoms with van der Waals surface area (Å²) in [6.45, 7) is 0. The third kappa shape index (κ3) is 4.61. The molecule has 3 aromatic carbocycles. The van der Waals surface area contributed by atoms with Crippen LogP contribution in [-0.4, -0.2) is 14.4 Å². The minimum atomic E-state index is -3.69. The summed E-state index contributed by atoms with van der Waals surface area (Å²) in [6, 6.07) is 23.2. The number of carbonyl (C=O) groups excluding carboxylic acids is 1. The maximum Gasteiger partial charge on any atom is 0.323 e. The van der Waals surface area contributed by atoms with Crippen LogP contribution in [0.5, 0.6) is 0 Å². The van der Waals surface area contributed by atoms with Gasteiger partial charge in [-0.05, 0) is 48.5 Å². The van der Waals surface area contributed by atoms with Gasteiger partial charge >= 0.3 is 6.03 Å². The van der Waals surface area contributed by atoms with Gasteiger partial charge < -0.3 is 10.6 Å². The Hall–Kier alpha value is -3.32. The lowest BCUT2D eigenvalue weighted by Crippen LogP contribution is -2.19. The smallest absolute Gasteiger partial charge is 0.308 e. The second kappa shape index (κ2) is 7.71. The molecule has 0 aromatic heterocycles. The van der Waals surface area contributed by atoms with Crippen molar-refractivity contribution in [2.24, 2.45) is 0 Å². The molecule has 0 atom stereocenters. The number of sulfonamides is 1. The third-order valence-electron chi connectivity index (χ3n) is 3.48. The lowest BCUT2D eigenvalue weighted by molar-refractivity contribution is 0.262. The summed E-state index contributed by atoms with van der Waals surface area (Å²) in [5.41, 5.74) is 1.63. The Labute approximate surface area is 151 Å². The van der Waals surface area contributed by atoms with Crippen LogP contribution in [0.2, 0.25) is 0 Å². The molecule has 0 fully saturated rings. The molecule has 132 valence electrons. The number of para-hydroxylation sites is 2. The molecule has 3 aromatic rings. The summed E-state index contributed by atoms with van der Waals surface area (Å²) in [4.78, 5) is 12.1. The predicted molar refractivity (Wildman–Crippen MR) is 103 cm³/mol. The van der Waals surface area contributed by atoms with Crippen LogP contribution in [0.1, 0.15) is 0 Å². The Morgan fingerprint density at radius 1 is 0.615 bits per heavy atom. The molecule has 3 rings (SSSR count). The van der Waals surface area contributed by atoms with Crippen LogP contribution in [0.25, 0.3) is 0 Å². The van der Waals surface area contributed by atoms with E-state index in [1.165, 1.54) is 24.3 Å². The minimum Gasteiger partial charge on any atom is -0.308 e. The van der Waals surface area contributed by atoms with Crippen molar-refractivity contribution in [1.82, 2.24) is 0 Å². The van der Waals surface area contributed by atoms with Crippen molar-refractivity contribution in [1.29, 1.82) is 0 Å². The highest BCUT2D eigenvalue weighted by Gasteiger charge is 2.14. The molecule has 26 heavy (non-hydrogen) atoms. The van der Waals surface area contributed by atoms with Crippen molar-refractivity contribution in [3.63, 3.8) is 0 Å². The summed E-state index contributed by atoms with van der Waals surface area (Å²) >= 11 is 0. The molecule has 0 aliphatic carbocycles. The topological polar surface area (TPSA) is 87.3 Å². The first kappa shape index (κ1) is 17.5. The number of hydrogen-bond acceptors (Lipinski definition) is 3. The van der Waals surface area contributed by atoms with E-state index in [1.54, 1.807) is 42.5 Å². The Bertz CT molecular complexity index is 974. The summed E-state index contributed by atoms with van der Waals surface area (Å²) in [5.74, 6) is 0. The largest absolute Gasteiger partial charge is 0.323 e. The average Bonchev–Trinajstić information content (AvgIpc) is 2.63. The van der Waals surface area contributed by atoms with E-state index in [0.29, 0.717) is 17.1 Å². The molecule has 2 amide bonds. The van der Waals surface area contributed by atoms with E-state index in [-0.39, 0.29) is 4.90 Å². The zero-order chi connectivity index (χ0) is 18.4. The Morgan fingerprint density at radius 2 is 1.08 bits per heavy atom. The highest BCUT2D eigenvalue weighted by atomic mass is 32.2. The molecule has 0 aliphatic heterocycles. The van der Waals surface area contributed by atoms with Crippen LogP contribution in [0.3, 0.4) is 0 Å². The first-order chi connectivity index (χ1) is 12.5. The monoisotopic (exact) mass is 367 g/mol. The zero-order valence-electron chi connectivity index (χ0n) is 13.7. The lowest BCUT2D eigenvalue weighted by Gasteiger charge is -2.10. The lowest BCUT2D eigenvalue weighted by atomic mass is 10.3. The summed E-state index contributed by atoms with van der Waals surface area (Å²) in [5, 5.41) is 5.34. The van der Waals surface area contributed by atoms with Crippen molar-refractivity contribution < 1.29 is 13.2 Å².